The summed E-state index contributed by atoms with van der Waals surface area (Å²) in [5.74, 6) is 0. The van der Waals surface area contributed by atoms with Crippen LogP contribution in [0.2, 0.25) is 0 Å². The fourth-order valence-electron chi connectivity index (χ4n) is 3.86. The van der Waals surface area contributed by atoms with Crippen molar-refractivity contribution < 1.29 is 23.2 Å². The van der Waals surface area contributed by atoms with E-state index in [0.717, 1.165) is 21.9 Å². The summed E-state index contributed by atoms with van der Waals surface area (Å²) in [4.78, 5) is 17.3. The topological polar surface area (TPSA) is 65.1 Å². The van der Waals surface area contributed by atoms with Crippen LogP contribution in [0.3, 0.4) is 0 Å². The molecule has 0 bridgehead atoms. The molecule has 0 saturated heterocycles. The Kier molecular flexibility index (Phi) is 9.64. The van der Waals surface area contributed by atoms with Crippen LogP contribution in [-0.2, 0) is 36.3 Å². The maximum atomic E-state index is 13.7. The van der Waals surface area contributed by atoms with Crippen molar-refractivity contribution in [1.29, 1.82) is 0 Å². The van der Waals surface area contributed by atoms with Crippen molar-refractivity contribution in [2.24, 2.45) is 0 Å². The average Bonchev–Trinajstić information content (AvgIpc) is 2.84. The maximum absolute atomic E-state index is 13.7. The smallest absolute Gasteiger partial charge is 0.309 e. The summed E-state index contributed by atoms with van der Waals surface area (Å²) in [7, 11) is -3.41. The van der Waals surface area contributed by atoms with E-state index in [4.69, 9.17) is 13.9 Å². The number of fused-ring (bicyclic) bond motifs is 1. The fourth-order valence-corrected chi connectivity index (χ4v) is 5.93. The molecule has 0 aromatic heterocycles. The molecule has 0 fully saturated rings. The van der Waals surface area contributed by atoms with Gasteiger partial charge in [-0.25, -0.2) is 5.06 Å². The largest absolute Gasteiger partial charge is 0.334 e. The highest BCUT2D eigenvalue weighted by Crippen LogP contribution is 2.55. The van der Waals surface area contributed by atoms with Crippen molar-refractivity contribution >= 4 is 24.8 Å². The number of benzene rings is 3. The second kappa shape index (κ2) is 12.7. The van der Waals surface area contributed by atoms with Crippen LogP contribution in [-0.4, -0.2) is 36.9 Å². The third-order valence-electron chi connectivity index (χ3n) is 5.44. The van der Waals surface area contributed by atoms with E-state index in [9.17, 15) is 9.36 Å². The first-order valence-corrected chi connectivity index (χ1v) is 12.9. The van der Waals surface area contributed by atoms with Crippen LogP contribution < -0.4 is 0 Å². The van der Waals surface area contributed by atoms with Gasteiger partial charge in [-0.3, -0.25) is 14.2 Å². The average molecular weight is 470 g/mol. The molecular weight excluding hydrogens is 437 g/mol. The van der Waals surface area contributed by atoms with Crippen molar-refractivity contribution in [1.82, 2.24) is 5.06 Å². The van der Waals surface area contributed by atoms with Gasteiger partial charge in [-0.2, -0.15) is 0 Å². The van der Waals surface area contributed by atoms with Crippen molar-refractivity contribution in [2.75, 3.05) is 19.8 Å². The number of carbonyl (C=O) groups is 1. The van der Waals surface area contributed by atoms with Crippen molar-refractivity contribution in [3.8, 4) is 0 Å². The number of hydroxylamine groups is 2. The van der Waals surface area contributed by atoms with Crippen LogP contribution in [0, 0.1) is 0 Å². The Morgan fingerprint density at radius 1 is 0.909 bits per heavy atom. The summed E-state index contributed by atoms with van der Waals surface area (Å²) in [6.07, 6.45) is 1.57. The molecule has 0 aliphatic rings. The summed E-state index contributed by atoms with van der Waals surface area (Å²) in [6.45, 7) is 4.73. The third-order valence-corrected chi connectivity index (χ3v) is 8.01. The molecule has 0 aliphatic heterocycles. The summed E-state index contributed by atoms with van der Waals surface area (Å²) in [6, 6.07) is 23.9. The molecule has 1 atom stereocenters. The van der Waals surface area contributed by atoms with Crippen molar-refractivity contribution in [2.45, 2.75) is 39.0 Å². The normalized spacial score (nSPS) is 12.5. The molecule has 3 aromatic rings. The number of carbonyl (C=O) groups excluding carboxylic acids is 1. The lowest BCUT2D eigenvalue weighted by atomic mass is 10.00. The first-order chi connectivity index (χ1) is 16.1. The molecule has 0 N–H and O–H groups in total. The number of hydrogen-bond donors (Lipinski definition) is 0. The number of rotatable bonds is 14. The first kappa shape index (κ1) is 25.1. The summed E-state index contributed by atoms with van der Waals surface area (Å²) in [5, 5.41) is 3.49. The summed E-state index contributed by atoms with van der Waals surface area (Å²) >= 11 is 0. The lowest BCUT2D eigenvalue weighted by Crippen LogP contribution is -2.28. The number of hydrogen-bond acceptors (Lipinski definition) is 5. The Morgan fingerprint density at radius 2 is 1.58 bits per heavy atom. The zero-order valence-electron chi connectivity index (χ0n) is 19.3. The molecule has 3 rings (SSSR count). The highest BCUT2D eigenvalue weighted by atomic mass is 31.2. The van der Waals surface area contributed by atoms with Crippen molar-refractivity contribution in [3.05, 3.63) is 83.9 Å². The number of amides is 1. The van der Waals surface area contributed by atoms with Gasteiger partial charge in [-0.15, -0.1) is 0 Å². The predicted octanol–water partition coefficient (Wildman–Crippen LogP) is 6.00. The van der Waals surface area contributed by atoms with E-state index in [2.05, 4.69) is 18.2 Å². The molecule has 0 radical (unpaired) electrons. The third kappa shape index (κ3) is 6.99. The van der Waals surface area contributed by atoms with Gasteiger partial charge in [0.2, 0.25) is 6.41 Å². The van der Waals surface area contributed by atoms with E-state index >= 15 is 0 Å². The molecule has 33 heavy (non-hydrogen) atoms. The standard InChI is InChI=1S/C26H32NO5P/c1-3-31-33(29,32-4-2)25(19-24-15-10-14-23-13-8-9-16-26(23)24)17-18-27(21-28)30-20-22-11-6-5-7-12-22/h5-16,21,25H,3-4,17-20H2,1-2H3. The number of nitrogens with zero attached hydrogens (tertiary/aromatic N) is 1. The van der Waals surface area contributed by atoms with E-state index in [1.54, 1.807) is 13.8 Å². The highest BCUT2D eigenvalue weighted by Gasteiger charge is 2.36. The minimum atomic E-state index is -3.41. The van der Waals surface area contributed by atoms with Gasteiger partial charge in [0.15, 0.2) is 0 Å². The first-order valence-electron chi connectivity index (χ1n) is 11.3. The summed E-state index contributed by atoms with van der Waals surface area (Å²) in [5.41, 5.74) is 1.61. The van der Waals surface area contributed by atoms with E-state index in [1.165, 1.54) is 5.06 Å². The Hall–Kier alpha value is -2.50. The Morgan fingerprint density at radius 3 is 2.27 bits per heavy atom. The van der Waals surface area contributed by atoms with Crippen LogP contribution in [0.4, 0.5) is 0 Å². The molecule has 7 heteroatoms. The molecule has 0 saturated carbocycles. The molecule has 1 unspecified atom stereocenters. The molecule has 176 valence electrons. The minimum absolute atomic E-state index is 0.274. The Balaban J connectivity index is 1.79. The second-order valence-corrected chi connectivity index (χ2v) is 9.99. The molecule has 0 heterocycles. The minimum Gasteiger partial charge on any atom is -0.309 e. The Labute approximate surface area is 195 Å². The van der Waals surface area contributed by atoms with Gasteiger partial charge < -0.3 is 9.05 Å². The predicted molar refractivity (Wildman–Crippen MR) is 131 cm³/mol. The van der Waals surface area contributed by atoms with Gasteiger partial charge >= 0.3 is 7.60 Å². The molecule has 0 aliphatic carbocycles. The molecule has 0 spiro atoms. The molecular formula is C26H32NO5P. The van der Waals surface area contributed by atoms with E-state index in [-0.39, 0.29) is 26.4 Å². The van der Waals surface area contributed by atoms with Crippen LogP contribution in [0.25, 0.3) is 10.8 Å². The quantitative estimate of drug-likeness (QED) is 0.165. The monoisotopic (exact) mass is 469 g/mol. The van der Waals surface area contributed by atoms with Gasteiger partial charge in [0, 0.05) is 6.54 Å². The fraction of sp³-hybridized carbons (Fsp3) is 0.346. The van der Waals surface area contributed by atoms with E-state index in [1.807, 2.05) is 54.6 Å². The lowest BCUT2D eigenvalue weighted by Gasteiger charge is -2.28. The van der Waals surface area contributed by atoms with Crippen LogP contribution >= 0.6 is 7.60 Å². The SMILES string of the molecule is CCOP(=O)(OCC)C(CCN(C=O)OCc1ccccc1)Cc1cccc2ccccc12. The molecule has 1 amide bonds. The van der Waals surface area contributed by atoms with Gasteiger partial charge in [-0.05, 0) is 48.6 Å². The Bertz CT molecular complexity index is 1040. The zero-order valence-corrected chi connectivity index (χ0v) is 20.2. The van der Waals surface area contributed by atoms with Gasteiger partial charge in [-0.1, -0.05) is 72.8 Å². The molecule has 6 nitrogen and oxygen atoms in total. The van der Waals surface area contributed by atoms with E-state index in [0.29, 0.717) is 19.3 Å². The van der Waals surface area contributed by atoms with Crippen LogP contribution in [0.1, 0.15) is 31.4 Å². The zero-order chi connectivity index (χ0) is 23.5. The highest BCUT2D eigenvalue weighted by molar-refractivity contribution is 7.54. The van der Waals surface area contributed by atoms with Gasteiger partial charge in [0.25, 0.3) is 0 Å². The van der Waals surface area contributed by atoms with Crippen molar-refractivity contribution in [3.63, 3.8) is 0 Å². The lowest BCUT2D eigenvalue weighted by molar-refractivity contribution is -0.177. The van der Waals surface area contributed by atoms with Gasteiger partial charge in [0.05, 0.1) is 18.9 Å². The summed E-state index contributed by atoms with van der Waals surface area (Å²) < 4.78 is 25.1. The van der Waals surface area contributed by atoms with E-state index < -0.39 is 13.3 Å². The second-order valence-electron chi connectivity index (χ2n) is 7.67. The van der Waals surface area contributed by atoms with Crippen LogP contribution in [0.5, 0.6) is 0 Å². The molecule has 3 aromatic carbocycles. The van der Waals surface area contributed by atoms with Crippen LogP contribution in [0.15, 0.2) is 72.8 Å². The van der Waals surface area contributed by atoms with Gasteiger partial charge in [0.1, 0.15) is 6.61 Å². The maximum Gasteiger partial charge on any atom is 0.334 e.